The molecule has 0 saturated heterocycles. The fourth-order valence-corrected chi connectivity index (χ4v) is 2.95. The first-order valence-electron chi connectivity index (χ1n) is 7.20. The molecule has 0 aliphatic rings. The molecule has 0 aliphatic heterocycles. The number of aromatic nitrogens is 1. The van der Waals surface area contributed by atoms with Crippen LogP contribution in [0, 0.1) is 6.92 Å². The molecule has 1 heterocycles. The van der Waals surface area contributed by atoms with E-state index in [0.717, 1.165) is 22.7 Å². The Morgan fingerprint density at radius 2 is 2.23 bits per heavy atom. The molecule has 0 saturated carbocycles. The highest BCUT2D eigenvalue weighted by molar-refractivity contribution is 7.09. The average molecular weight is 319 g/mol. The third-order valence-electron chi connectivity index (χ3n) is 3.26. The number of hydrogen-bond donors (Lipinski definition) is 2. The van der Waals surface area contributed by atoms with Gasteiger partial charge in [-0.15, -0.1) is 11.3 Å². The van der Waals surface area contributed by atoms with Crippen LogP contribution in [0.15, 0.2) is 23.6 Å². The van der Waals surface area contributed by atoms with Gasteiger partial charge in [0.1, 0.15) is 11.4 Å². The van der Waals surface area contributed by atoms with Gasteiger partial charge in [0.25, 0.3) is 5.91 Å². The number of rotatable bonds is 7. The number of nitrogens with two attached hydrogens (primary N) is 1. The Morgan fingerprint density at radius 3 is 2.95 bits per heavy atom. The van der Waals surface area contributed by atoms with Crippen LogP contribution >= 0.6 is 11.3 Å². The van der Waals surface area contributed by atoms with Crippen molar-refractivity contribution in [2.75, 3.05) is 20.2 Å². The number of ether oxygens (including phenoxy) is 1. The van der Waals surface area contributed by atoms with E-state index >= 15 is 0 Å². The molecule has 6 heteroatoms. The third-order valence-corrected chi connectivity index (χ3v) is 4.17. The topological polar surface area (TPSA) is 77.2 Å². The summed E-state index contributed by atoms with van der Waals surface area (Å²) < 4.78 is 5.34. The van der Waals surface area contributed by atoms with Gasteiger partial charge in [-0.2, -0.15) is 0 Å². The van der Waals surface area contributed by atoms with E-state index < -0.39 is 0 Å². The summed E-state index contributed by atoms with van der Waals surface area (Å²) in [6.07, 6.45) is 1.43. The molecule has 118 valence electrons. The lowest BCUT2D eigenvalue weighted by Crippen LogP contribution is -2.26. The van der Waals surface area contributed by atoms with E-state index in [1.165, 1.54) is 16.9 Å². The van der Waals surface area contributed by atoms with E-state index in [-0.39, 0.29) is 5.91 Å². The molecule has 2 aromatic rings. The second kappa shape index (κ2) is 7.91. The van der Waals surface area contributed by atoms with Gasteiger partial charge in [-0.05, 0) is 31.5 Å². The van der Waals surface area contributed by atoms with Gasteiger partial charge in [-0.3, -0.25) is 4.79 Å². The lowest BCUT2D eigenvalue weighted by Gasteiger charge is -2.10. The molecule has 22 heavy (non-hydrogen) atoms. The SMILES string of the molecule is COc1ccc(C)cc1CCNC(=O)c1csc(CCN)n1. The maximum Gasteiger partial charge on any atom is 0.270 e. The summed E-state index contributed by atoms with van der Waals surface area (Å²) in [5.41, 5.74) is 8.21. The largest absolute Gasteiger partial charge is 0.496 e. The molecule has 0 atom stereocenters. The fourth-order valence-electron chi connectivity index (χ4n) is 2.16. The molecule has 1 aromatic heterocycles. The van der Waals surface area contributed by atoms with Crippen LogP contribution in [0.25, 0.3) is 0 Å². The van der Waals surface area contributed by atoms with Crippen molar-refractivity contribution in [1.82, 2.24) is 10.3 Å². The van der Waals surface area contributed by atoms with Crippen molar-refractivity contribution in [1.29, 1.82) is 0 Å². The number of hydrogen-bond acceptors (Lipinski definition) is 5. The lowest BCUT2D eigenvalue weighted by molar-refractivity contribution is 0.0949. The first-order chi connectivity index (χ1) is 10.6. The molecular weight excluding hydrogens is 298 g/mol. The molecule has 0 aliphatic carbocycles. The number of nitrogens with zero attached hydrogens (tertiary/aromatic N) is 1. The molecule has 5 nitrogen and oxygen atoms in total. The Morgan fingerprint density at radius 1 is 1.41 bits per heavy atom. The number of thiazole rings is 1. The second-order valence-electron chi connectivity index (χ2n) is 4.99. The van der Waals surface area contributed by atoms with Crippen molar-refractivity contribution >= 4 is 17.2 Å². The molecule has 0 fully saturated rings. The van der Waals surface area contributed by atoms with Gasteiger partial charge >= 0.3 is 0 Å². The molecular formula is C16H21N3O2S. The zero-order valence-electron chi connectivity index (χ0n) is 12.9. The maximum absolute atomic E-state index is 12.0. The lowest BCUT2D eigenvalue weighted by atomic mass is 10.1. The first-order valence-corrected chi connectivity index (χ1v) is 8.08. The van der Waals surface area contributed by atoms with Crippen molar-refractivity contribution in [2.45, 2.75) is 19.8 Å². The van der Waals surface area contributed by atoms with Crippen molar-refractivity contribution in [3.8, 4) is 5.75 Å². The van der Waals surface area contributed by atoms with Crippen molar-refractivity contribution in [3.05, 3.63) is 45.4 Å². The van der Waals surface area contributed by atoms with Gasteiger partial charge < -0.3 is 15.8 Å². The number of methoxy groups -OCH3 is 1. The van der Waals surface area contributed by atoms with E-state index in [1.807, 2.05) is 19.1 Å². The van der Waals surface area contributed by atoms with Crippen LogP contribution in [0.4, 0.5) is 0 Å². The van der Waals surface area contributed by atoms with E-state index in [1.54, 1.807) is 12.5 Å². The van der Waals surface area contributed by atoms with Crippen molar-refractivity contribution < 1.29 is 9.53 Å². The van der Waals surface area contributed by atoms with Crippen LogP contribution in [-0.4, -0.2) is 31.1 Å². The van der Waals surface area contributed by atoms with Crippen molar-refractivity contribution in [3.63, 3.8) is 0 Å². The van der Waals surface area contributed by atoms with Crippen molar-refractivity contribution in [2.24, 2.45) is 5.73 Å². The Bertz CT molecular complexity index is 640. The van der Waals surface area contributed by atoms with E-state index in [9.17, 15) is 4.79 Å². The normalized spacial score (nSPS) is 10.5. The predicted molar refractivity (Wildman–Crippen MR) is 88.6 cm³/mol. The molecule has 0 radical (unpaired) electrons. The fraction of sp³-hybridized carbons (Fsp3) is 0.375. The summed E-state index contributed by atoms with van der Waals surface area (Å²) in [6.45, 7) is 3.12. The Kier molecular flexibility index (Phi) is 5.91. The highest BCUT2D eigenvalue weighted by Crippen LogP contribution is 2.19. The number of carbonyl (C=O) groups is 1. The molecule has 3 N–H and O–H groups in total. The minimum absolute atomic E-state index is 0.147. The Labute approximate surface area is 134 Å². The number of carbonyl (C=O) groups excluding carboxylic acids is 1. The van der Waals surface area contributed by atoms with E-state index in [4.69, 9.17) is 10.5 Å². The van der Waals surface area contributed by atoms with Gasteiger partial charge in [0, 0.05) is 18.3 Å². The number of aryl methyl sites for hydroxylation is 1. The summed E-state index contributed by atoms with van der Waals surface area (Å²) in [7, 11) is 1.65. The molecule has 0 bridgehead atoms. The van der Waals surface area contributed by atoms with Gasteiger partial charge in [0.05, 0.1) is 12.1 Å². The Hall–Kier alpha value is -1.92. The summed E-state index contributed by atoms with van der Waals surface area (Å²) in [6, 6.07) is 6.04. The zero-order valence-corrected chi connectivity index (χ0v) is 13.7. The summed E-state index contributed by atoms with van der Waals surface area (Å²) in [4.78, 5) is 16.3. The second-order valence-corrected chi connectivity index (χ2v) is 5.93. The van der Waals surface area contributed by atoms with Crippen LogP contribution in [0.2, 0.25) is 0 Å². The molecule has 1 aromatic carbocycles. The standard InChI is InChI=1S/C16H21N3O2S/c1-11-3-4-14(21-2)12(9-11)6-8-18-16(20)13-10-22-15(19-13)5-7-17/h3-4,9-10H,5-8,17H2,1-2H3,(H,18,20). The summed E-state index contributed by atoms with van der Waals surface area (Å²) >= 11 is 1.47. The quantitative estimate of drug-likeness (QED) is 0.817. The highest BCUT2D eigenvalue weighted by Gasteiger charge is 2.10. The van der Waals surface area contributed by atoms with Crippen LogP contribution in [0.3, 0.4) is 0 Å². The summed E-state index contributed by atoms with van der Waals surface area (Å²) in [5, 5.41) is 5.56. The van der Waals surface area contributed by atoms with Gasteiger partial charge in [-0.1, -0.05) is 17.7 Å². The Balaban J connectivity index is 1.90. The van der Waals surface area contributed by atoms with Crippen LogP contribution < -0.4 is 15.8 Å². The minimum Gasteiger partial charge on any atom is -0.496 e. The van der Waals surface area contributed by atoms with E-state index in [0.29, 0.717) is 25.2 Å². The van der Waals surface area contributed by atoms with Gasteiger partial charge in [0.15, 0.2) is 0 Å². The van der Waals surface area contributed by atoms with Gasteiger partial charge in [0.2, 0.25) is 0 Å². The smallest absolute Gasteiger partial charge is 0.270 e. The number of nitrogens with one attached hydrogen (secondary N) is 1. The highest BCUT2D eigenvalue weighted by atomic mass is 32.1. The van der Waals surface area contributed by atoms with Gasteiger partial charge in [-0.25, -0.2) is 4.98 Å². The van der Waals surface area contributed by atoms with Crippen LogP contribution in [-0.2, 0) is 12.8 Å². The van der Waals surface area contributed by atoms with Crippen LogP contribution in [0.1, 0.15) is 26.6 Å². The first kappa shape index (κ1) is 16.5. The van der Waals surface area contributed by atoms with Crippen LogP contribution in [0.5, 0.6) is 5.75 Å². The third kappa shape index (κ3) is 4.29. The number of benzene rings is 1. The average Bonchev–Trinajstić information content (AvgIpc) is 2.96. The number of amides is 1. The molecule has 1 amide bonds. The molecule has 0 unspecified atom stereocenters. The zero-order chi connectivity index (χ0) is 15.9. The monoisotopic (exact) mass is 319 g/mol. The molecule has 2 rings (SSSR count). The molecule has 0 spiro atoms. The maximum atomic E-state index is 12.0. The predicted octanol–water partition coefficient (Wildman–Crippen LogP) is 1.93. The summed E-state index contributed by atoms with van der Waals surface area (Å²) in [5.74, 6) is 0.699. The minimum atomic E-state index is -0.147. The van der Waals surface area contributed by atoms with E-state index in [2.05, 4.69) is 16.4 Å².